The predicted molar refractivity (Wildman–Crippen MR) is 68.7 cm³/mol. The summed E-state index contributed by atoms with van der Waals surface area (Å²) in [4.78, 5) is 4.39. The van der Waals surface area contributed by atoms with Gasteiger partial charge in [-0.15, -0.1) is 0 Å². The predicted octanol–water partition coefficient (Wildman–Crippen LogP) is 2.41. The van der Waals surface area contributed by atoms with E-state index in [1.807, 2.05) is 0 Å². The Kier molecular flexibility index (Phi) is 3.41. The Morgan fingerprint density at radius 3 is 2.85 bits per heavy atom. The smallest absolute Gasteiger partial charge is 0.416 e. The summed E-state index contributed by atoms with van der Waals surface area (Å²) in [5.41, 5.74) is -0.398. The van der Waals surface area contributed by atoms with Crippen molar-refractivity contribution in [1.29, 1.82) is 0 Å². The minimum absolute atomic E-state index is 0.0179. The topological polar surface area (TPSA) is 33.6 Å². The Hall–Kier alpha value is -1.56. The van der Waals surface area contributed by atoms with Crippen molar-refractivity contribution < 1.29 is 17.9 Å². The van der Waals surface area contributed by atoms with Crippen LogP contribution in [0.1, 0.15) is 17.5 Å². The van der Waals surface area contributed by atoms with Gasteiger partial charge in [-0.25, -0.2) is 4.99 Å². The molecule has 3 nitrogen and oxygen atoms in total. The van der Waals surface area contributed by atoms with Crippen molar-refractivity contribution in [3.63, 3.8) is 0 Å². The molecule has 0 saturated carbocycles. The summed E-state index contributed by atoms with van der Waals surface area (Å²) in [6.07, 6.45) is -3.38. The average Bonchev–Trinajstić information content (AvgIpc) is 2.80. The van der Waals surface area contributed by atoms with E-state index in [2.05, 4.69) is 10.3 Å². The summed E-state index contributed by atoms with van der Waals surface area (Å²) in [6.45, 7) is 1.60. The highest BCUT2D eigenvalue weighted by atomic mass is 19.4. The van der Waals surface area contributed by atoms with Gasteiger partial charge in [0.15, 0.2) is 5.90 Å². The average molecular weight is 284 g/mol. The van der Waals surface area contributed by atoms with Gasteiger partial charge >= 0.3 is 6.18 Å². The standard InChI is InChI=1S/C14H15F3N2O/c15-14(16,17)10-4-2-1-3-9(10)7-13-19-11-8-18-6-5-12(11)20-13/h1-4,11-12,18H,5-8H2. The van der Waals surface area contributed by atoms with Gasteiger partial charge in [0.1, 0.15) is 12.1 Å². The van der Waals surface area contributed by atoms with E-state index in [0.717, 1.165) is 25.6 Å². The molecular weight excluding hydrogens is 269 g/mol. The molecule has 0 spiro atoms. The first-order chi connectivity index (χ1) is 9.54. The molecule has 1 aromatic rings. The van der Waals surface area contributed by atoms with E-state index in [-0.39, 0.29) is 24.1 Å². The molecule has 0 aromatic heterocycles. The molecule has 1 N–H and O–H groups in total. The molecule has 0 aliphatic carbocycles. The summed E-state index contributed by atoms with van der Waals surface area (Å²) in [5.74, 6) is 0.417. The Balaban J connectivity index is 1.79. The Morgan fingerprint density at radius 1 is 1.30 bits per heavy atom. The van der Waals surface area contributed by atoms with Crippen LogP contribution in [0.2, 0.25) is 0 Å². The summed E-state index contributed by atoms with van der Waals surface area (Å²) in [6, 6.07) is 5.62. The number of ether oxygens (including phenoxy) is 1. The number of piperidine rings is 1. The van der Waals surface area contributed by atoms with E-state index in [1.54, 1.807) is 6.07 Å². The summed E-state index contributed by atoms with van der Waals surface area (Å²) >= 11 is 0. The molecule has 20 heavy (non-hydrogen) atoms. The number of rotatable bonds is 2. The zero-order chi connectivity index (χ0) is 14.2. The molecule has 2 aliphatic rings. The number of benzene rings is 1. The lowest BCUT2D eigenvalue weighted by Crippen LogP contribution is -2.41. The Labute approximate surface area is 114 Å². The molecule has 0 radical (unpaired) electrons. The van der Waals surface area contributed by atoms with Gasteiger partial charge in [0.25, 0.3) is 0 Å². The second kappa shape index (κ2) is 5.09. The van der Waals surface area contributed by atoms with Crippen LogP contribution < -0.4 is 5.32 Å². The van der Waals surface area contributed by atoms with Crippen LogP contribution in [0.5, 0.6) is 0 Å². The molecule has 2 atom stereocenters. The molecule has 1 fully saturated rings. The van der Waals surface area contributed by atoms with Gasteiger partial charge in [-0.2, -0.15) is 13.2 Å². The fourth-order valence-corrected chi connectivity index (χ4v) is 2.68. The summed E-state index contributed by atoms with van der Waals surface area (Å²) in [7, 11) is 0. The minimum atomic E-state index is -4.34. The van der Waals surface area contributed by atoms with Gasteiger partial charge in [0, 0.05) is 13.0 Å². The van der Waals surface area contributed by atoms with Gasteiger partial charge in [0.05, 0.1) is 5.56 Å². The van der Waals surface area contributed by atoms with Gasteiger partial charge in [0.2, 0.25) is 0 Å². The number of fused-ring (bicyclic) bond motifs is 1. The van der Waals surface area contributed by atoms with Crippen LogP contribution in [0.3, 0.4) is 0 Å². The van der Waals surface area contributed by atoms with Crippen LogP contribution in [0, 0.1) is 0 Å². The molecule has 3 rings (SSSR count). The quantitative estimate of drug-likeness (QED) is 0.905. The monoisotopic (exact) mass is 284 g/mol. The summed E-state index contributed by atoms with van der Waals surface area (Å²) < 4.78 is 44.5. The zero-order valence-corrected chi connectivity index (χ0v) is 10.8. The van der Waals surface area contributed by atoms with E-state index >= 15 is 0 Å². The molecule has 2 heterocycles. The number of hydrogen-bond donors (Lipinski definition) is 1. The van der Waals surface area contributed by atoms with Crippen molar-refractivity contribution in [1.82, 2.24) is 5.32 Å². The third-order valence-corrected chi connectivity index (χ3v) is 3.65. The second-order valence-corrected chi connectivity index (χ2v) is 5.07. The lowest BCUT2D eigenvalue weighted by Gasteiger charge is -2.23. The number of nitrogens with zero attached hydrogens (tertiary/aromatic N) is 1. The van der Waals surface area contributed by atoms with Crippen LogP contribution in [0.4, 0.5) is 13.2 Å². The van der Waals surface area contributed by atoms with Crippen molar-refractivity contribution in [2.75, 3.05) is 13.1 Å². The molecule has 0 bridgehead atoms. The number of halogens is 3. The number of hydrogen-bond acceptors (Lipinski definition) is 3. The van der Waals surface area contributed by atoms with E-state index in [9.17, 15) is 13.2 Å². The minimum Gasteiger partial charge on any atom is -0.475 e. The van der Waals surface area contributed by atoms with Crippen molar-refractivity contribution in [2.24, 2.45) is 4.99 Å². The van der Waals surface area contributed by atoms with E-state index in [1.165, 1.54) is 12.1 Å². The molecule has 2 unspecified atom stereocenters. The first-order valence-corrected chi connectivity index (χ1v) is 6.63. The fraction of sp³-hybridized carbons (Fsp3) is 0.500. The van der Waals surface area contributed by atoms with Crippen LogP contribution >= 0.6 is 0 Å². The van der Waals surface area contributed by atoms with E-state index in [0.29, 0.717) is 5.90 Å². The highest BCUT2D eigenvalue weighted by Crippen LogP contribution is 2.32. The Morgan fingerprint density at radius 2 is 2.10 bits per heavy atom. The van der Waals surface area contributed by atoms with Crippen LogP contribution in [-0.4, -0.2) is 31.1 Å². The second-order valence-electron chi connectivity index (χ2n) is 5.07. The third-order valence-electron chi connectivity index (χ3n) is 3.65. The van der Waals surface area contributed by atoms with Gasteiger partial charge in [-0.1, -0.05) is 18.2 Å². The number of aliphatic imine (C=N–C) groups is 1. The molecule has 6 heteroatoms. The van der Waals surface area contributed by atoms with Crippen LogP contribution in [0.15, 0.2) is 29.3 Å². The first kappa shape index (κ1) is 13.4. The van der Waals surface area contributed by atoms with Gasteiger partial charge in [-0.05, 0) is 24.6 Å². The maximum atomic E-state index is 12.9. The number of nitrogens with one attached hydrogen (secondary N) is 1. The summed E-state index contributed by atoms with van der Waals surface area (Å²) in [5, 5.41) is 3.21. The van der Waals surface area contributed by atoms with Crippen molar-refractivity contribution >= 4 is 5.90 Å². The highest BCUT2D eigenvalue weighted by Gasteiger charge is 2.36. The lowest BCUT2D eigenvalue weighted by molar-refractivity contribution is -0.138. The number of alkyl halides is 3. The van der Waals surface area contributed by atoms with Gasteiger partial charge in [-0.3, -0.25) is 0 Å². The van der Waals surface area contributed by atoms with Gasteiger partial charge < -0.3 is 10.1 Å². The molecule has 2 aliphatic heterocycles. The van der Waals surface area contributed by atoms with Crippen molar-refractivity contribution in [3.8, 4) is 0 Å². The zero-order valence-electron chi connectivity index (χ0n) is 10.8. The third kappa shape index (κ3) is 2.65. The van der Waals surface area contributed by atoms with Crippen molar-refractivity contribution in [3.05, 3.63) is 35.4 Å². The van der Waals surface area contributed by atoms with Crippen LogP contribution in [-0.2, 0) is 17.3 Å². The van der Waals surface area contributed by atoms with E-state index in [4.69, 9.17) is 4.74 Å². The molecule has 1 saturated heterocycles. The maximum Gasteiger partial charge on any atom is 0.416 e. The highest BCUT2D eigenvalue weighted by molar-refractivity contribution is 5.81. The van der Waals surface area contributed by atoms with Crippen LogP contribution in [0.25, 0.3) is 0 Å². The van der Waals surface area contributed by atoms with E-state index < -0.39 is 11.7 Å². The lowest BCUT2D eigenvalue weighted by atomic mass is 10.0. The molecule has 1 aromatic carbocycles. The SMILES string of the molecule is FC(F)(F)c1ccccc1CC1=NC2CNCCC2O1. The Bertz CT molecular complexity index is 527. The molecule has 0 amide bonds. The fourth-order valence-electron chi connectivity index (χ4n) is 2.68. The first-order valence-electron chi connectivity index (χ1n) is 6.63. The largest absolute Gasteiger partial charge is 0.475 e. The normalized spacial score (nSPS) is 25.9. The molecule has 108 valence electrons. The molecular formula is C14H15F3N2O. The van der Waals surface area contributed by atoms with Crippen molar-refractivity contribution in [2.45, 2.75) is 31.2 Å². The maximum absolute atomic E-state index is 12.9.